The minimum absolute atomic E-state index is 0.166. The first kappa shape index (κ1) is 12.8. The van der Waals surface area contributed by atoms with E-state index in [1.54, 1.807) is 30.6 Å². The summed E-state index contributed by atoms with van der Waals surface area (Å²) in [6, 6.07) is 12.5. The zero-order chi connectivity index (χ0) is 14.7. The number of primary amides is 1. The van der Waals surface area contributed by atoms with Gasteiger partial charge in [-0.15, -0.1) is 0 Å². The highest BCUT2D eigenvalue weighted by Gasteiger charge is 2.08. The first-order valence-corrected chi connectivity index (χ1v) is 6.14. The molecular weight excluding hydrogens is 270 g/mol. The number of aromatic nitrogens is 4. The second-order valence-electron chi connectivity index (χ2n) is 4.12. The highest BCUT2D eigenvalue weighted by molar-refractivity contribution is 5.90. The maximum absolute atomic E-state index is 11.0. The lowest BCUT2D eigenvalue weighted by Crippen LogP contribution is -2.12. The van der Waals surface area contributed by atoms with Crippen LogP contribution in [0.5, 0.6) is 11.8 Å². The van der Waals surface area contributed by atoms with E-state index in [-0.39, 0.29) is 11.7 Å². The molecule has 7 heteroatoms. The summed E-state index contributed by atoms with van der Waals surface area (Å²) in [6.07, 6.45) is 3.14. The summed E-state index contributed by atoms with van der Waals surface area (Å²) in [4.78, 5) is 19.3. The van der Waals surface area contributed by atoms with Gasteiger partial charge in [-0.25, -0.2) is 9.67 Å². The van der Waals surface area contributed by atoms with Crippen LogP contribution in [0.15, 0.2) is 54.9 Å². The molecule has 0 bridgehead atoms. The molecule has 0 fully saturated rings. The van der Waals surface area contributed by atoms with Crippen molar-refractivity contribution in [3.05, 3.63) is 60.6 Å². The second-order valence-corrected chi connectivity index (χ2v) is 4.12. The highest BCUT2D eigenvalue weighted by atomic mass is 16.5. The summed E-state index contributed by atoms with van der Waals surface area (Å²) in [5, 5.41) is 4.02. The first-order valence-electron chi connectivity index (χ1n) is 6.14. The zero-order valence-electron chi connectivity index (χ0n) is 10.9. The van der Waals surface area contributed by atoms with Crippen molar-refractivity contribution < 1.29 is 9.53 Å². The van der Waals surface area contributed by atoms with Gasteiger partial charge in [-0.1, -0.05) is 18.2 Å². The van der Waals surface area contributed by atoms with Crippen molar-refractivity contribution >= 4 is 5.91 Å². The van der Waals surface area contributed by atoms with Gasteiger partial charge in [-0.05, 0) is 18.2 Å². The van der Waals surface area contributed by atoms with Crippen molar-refractivity contribution in [2.24, 2.45) is 5.73 Å². The Morgan fingerprint density at radius 2 is 1.95 bits per heavy atom. The fraction of sp³-hybridized carbons (Fsp3) is 0. The van der Waals surface area contributed by atoms with Crippen LogP contribution in [0.25, 0.3) is 5.82 Å². The fourth-order valence-electron chi connectivity index (χ4n) is 1.69. The summed E-state index contributed by atoms with van der Waals surface area (Å²) in [5.74, 6) is 0.514. The number of carbonyl (C=O) groups excluding carboxylic acids is 1. The van der Waals surface area contributed by atoms with E-state index in [1.807, 2.05) is 18.2 Å². The lowest BCUT2D eigenvalue weighted by Gasteiger charge is -2.05. The van der Waals surface area contributed by atoms with E-state index in [9.17, 15) is 4.79 Å². The summed E-state index contributed by atoms with van der Waals surface area (Å²) in [5.41, 5.74) is 5.33. The molecular formula is C14H11N5O2. The van der Waals surface area contributed by atoms with Gasteiger partial charge in [0.2, 0.25) is 0 Å². The molecule has 0 unspecified atom stereocenters. The van der Waals surface area contributed by atoms with Crippen LogP contribution in [-0.2, 0) is 0 Å². The smallest absolute Gasteiger partial charge is 0.323 e. The van der Waals surface area contributed by atoms with Crippen molar-refractivity contribution in [3.63, 3.8) is 0 Å². The number of rotatable bonds is 4. The molecule has 2 heterocycles. The Morgan fingerprint density at radius 1 is 1.14 bits per heavy atom. The SMILES string of the molecule is NC(=O)c1ccn(-c2ccnc(Oc3ccccc3)n2)n1. The van der Waals surface area contributed by atoms with E-state index >= 15 is 0 Å². The molecule has 2 aromatic heterocycles. The second kappa shape index (κ2) is 5.41. The van der Waals surface area contributed by atoms with Crippen molar-refractivity contribution in [1.82, 2.24) is 19.7 Å². The number of para-hydroxylation sites is 1. The molecule has 0 spiro atoms. The van der Waals surface area contributed by atoms with Crippen molar-refractivity contribution in [1.29, 1.82) is 0 Å². The highest BCUT2D eigenvalue weighted by Crippen LogP contribution is 2.17. The van der Waals surface area contributed by atoms with Crippen LogP contribution in [0.4, 0.5) is 0 Å². The topological polar surface area (TPSA) is 95.9 Å². The molecule has 3 aromatic rings. The molecule has 104 valence electrons. The number of amides is 1. The quantitative estimate of drug-likeness (QED) is 0.782. The summed E-state index contributed by atoms with van der Waals surface area (Å²) in [7, 11) is 0. The van der Waals surface area contributed by atoms with E-state index in [1.165, 1.54) is 10.7 Å². The van der Waals surface area contributed by atoms with Crippen LogP contribution in [0.2, 0.25) is 0 Å². The molecule has 0 aliphatic heterocycles. The minimum Gasteiger partial charge on any atom is -0.424 e. The molecule has 0 saturated heterocycles. The van der Waals surface area contributed by atoms with Crippen LogP contribution in [0.1, 0.15) is 10.5 Å². The Balaban J connectivity index is 1.87. The zero-order valence-corrected chi connectivity index (χ0v) is 10.9. The van der Waals surface area contributed by atoms with Crippen LogP contribution in [-0.4, -0.2) is 25.7 Å². The molecule has 0 atom stereocenters. The molecule has 0 aliphatic carbocycles. The van der Waals surface area contributed by atoms with Gasteiger partial charge in [0.25, 0.3) is 5.91 Å². The average Bonchev–Trinajstić information content (AvgIpc) is 2.99. The van der Waals surface area contributed by atoms with Crippen molar-refractivity contribution in [2.45, 2.75) is 0 Å². The Labute approximate surface area is 120 Å². The van der Waals surface area contributed by atoms with Crippen molar-refractivity contribution in [3.8, 4) is 17.6 Å². The van der Waals surface area contributed by atoms with Gasteiger partial charge in [-0.2, -0.15) is 10.1 Å². The minimum atomic E-state index is -0.594. The number of ether oxygens (including phenoxy) is 1. The van der Waals surface area contributed by atoms with Gasteiger partial charge >= 0.3 is 6.01 Å². The third kappa shape index (κ3) is 2.86. The molecule has 0 radical (unpaired) electrons. The van der Waals surface area contributed by atoms with E-state index < -0.39 is 5.91 Å². The maximum atomic E-state index is 11.0. The predicted molar refractivity (Wildman–Crippen MR) is 74.2 cm³/mol. The molecule has 21 heavy (non-hydrogen) atoms. The number of hydrogen-bond acceptors (Lipinski definition) is 5. The average molecular weight is 281 g/mol. The number of nitrogens with two attached hydrogens (primary N) is 1. The van der Waals surface area contributed by atoms with Gasteiger partial charge in [0.1, 0.15) is 11.4 Å². The largest absolute Gasteiger partial charge is 0.424 e. The Morgan fingerprint density at radius 3 is 2.67 bits per heavy atom. The summed E-state index contributed by atoms with van der Waals surface area (Å²) >= 11 is 0. The van der Waals surface area contributed by atoms with E-state index in [4.69, 9.17) is 10.5 Å². The van der Waals surface area contributed by atoms with Crippen LogP contribution in [0, 0.1) is 0 Å². The van der Waals surface area contributed by atoms with Crippen LogP contribution in [0.3, 0.4) is 0 Å². The van der Waals surface area contributed by atoms with Gasteiger partial charge < -0.3 is 10.5 Å². The van der Waals surface area contributed by atoms with E-state index in [0.717, 1.165) is 0 Å². The standard InChI is InChI=1S/C14H11N5O2/c15-13(20)11-7-9-19(18-11)12-6-8-16-14(17-12)21-10-4-2-1-3-5-10/h1-9H,(H2,15,20). The molecule has 1 aromatic carbocycles. The molecule has 0 aliphatic rings. The molecule has 0 saturated carbocycles. The Hall–Kier alpha value is -3.22. The van der Waals surface area contributed by atoms with E-state index in [2.05, 4.69) is 15.1 Å². The number of nitrogens with zero attached hydrogens (tertiary/aromatic N) is 4. The molecule has 3 rings (SSSR count). The lowest BCUT2D eigenvalue weighted by atomic mass is 10.3. The monoisotopic (exact) mass is 281 g/mol. The van der Waals surface area contributed by atoms with Crippen LogP contribution < -0.4 is 10.5 Å². The summed E-state index contributed by atoms with van der Waals surface area (Å²) < 4.78 is 6.97. The van der Waals surface area contributed by atoms with Crippen molar-refractivity contribution in [2.75, 3.05) is 0 Å². The van der Waals surface area contributed by atoms with E-state index in [0.29, 0.717) is 11.6 Å². The van der Waals surface area contributed by atoms with Crippen LogP contribution >= 0.6 is 0 Å². The van der Waals surface area contributed by atoms with Gasteiger partial charge in [0.05, 0.1) is 0 Å². The molecule has 1 amide bonds. The molecule has 7 nitrogen and oxygen atoms in total. The maximum Gasteiger partial charge on any atom is 0.323 e. The van der Waals surface area contributed by atoms with Gasteiger partial charge in [0, 0.05) is 18.5 Å². The predicted octanol–water partition coefficient (Wildman–Crippen LogP) is 1.55. The Bertz CT molecular complexity index is 770. The normalized spacial score (nSPS) is 10.3. The number of carbonyl (C=O) groups is 1. The Kier molecular flexibility index (Phi) is 3.30. The third-order valence-electron chi connectivity index (χ3n) is 2.65. The van der Waals surface area contributed by atoms with Gasteiger partial charge in [0.15, 0.2) is 5.82 Å². The fourth-order valence-corrected chi connectivity index (χ4v) is 1.69. The van der Waals surface area contributed by atoms with Gasteiger partial charge in [-0.3, -0.25) is 4.79 Å². The summed E-state index contributed by atoms with van der Waals surface area (Å²) in [6.45, 7) is 0. The lowest BCUT2D eigenvalue weighted by molar-refractivity contribution is 0.0995. The number of benzene rings is 1. The third-order valence-corrected chi connectivity index (χ3v) is 2.65. The first-order chi connectivity index (χ1) is 10.2. The molecule has 2 N–H and O–H groups in total. The number of hydrogen-bond donors (Lipinski definition) is 1.